The van der Waals surface area contributed by atoms with Gasteiger partial charge in [0.2, 0.25) is 15.9 Å². The Kier molecular flexibility index (Phi) is 7.19. The van der Waals surface area contributed by atoms with Crippen LogP contribution in [0.25, 0.3) is 6.08 Å². The van der Waals surface area contributed by atoms with Crippen molar-refractivity contribution in [1.29, 1.82) is 0 Å². The first kappa shape index (κ1) is 21.2. The van der Waals surface area contributed by atoms with E-state index in [0.717, 1.165) is 11.1 Å². The van der Waals surface area contributed by atoms with E-state index in [1.165, 1.54) is 10.4 Å². The van der Waals surface area contributed by atoms with E-state index >= 15 is 0 Å². The van der Waals surface area contributed by atoms with Crippen LogP contribution in [0.2, 0.25) is 0 Å². The van der Waals surface area contributed by atoms with Crippen molar-refractivity contribution in [2.45, 2.75) is 18.4 Å². The fourth-order valence-electron chi connectivity index (χ4n) is 3.11. The molecular weight excluding hydrogens is 388 g/mol. The number of amides is 1. The number of carbonyl (C=O) groups is 1. The van der Waals surface area contributed by atoms with E-state index in [-0.39, 0.29) is 10.8 Å². The van der Waals surface area contributed by atoms with Crippen molar-refractivity contribution in [1.82, 2.24) is 9.21 Å². The van der Waals surface area contributed by atoms with Crippen molar-refractivity contribution in [2.75, 3.05) is 32.8 Å². The Bertz CT molecular complexity index is 935. The number of nitrogens with zero attached hydrogens (tertiary/aromatic N) is 2. The quantitative estimate of drug-likeness (QED) is 0.654. The highest BCUT2D eigenvalue weighted by Crippen LogP contribution is 2.18. The molecule has 1 aliphatic rings. The van der Waals surface area contributed by atoms with Crippen molar-refractivity contribution < 1.29 is 17.9 Å². The van der Waals surface area contributed by atoms with Crippen LogP contribution in [0.5, 0.6) is 0 Å². The van der Waals surface area contributed by atoms with Gasteiger partial charge in [0, 0.05) is 32.3 Å². The Balaban J connectivity index is 1.65. The van der Waals surface area contributed by atoms with Crippen molar-refractivity contribution in [2.24, 2.45) is 0 Å². The third-order valence-electron chi connectivity index (χ3n) is 4.82. The van der Waals surface area contributed by atoms with Gasteiger partial charge in [-0.1, -0.05) is 42.5 Å². The molecule has 3 rings (SSSR count). The Morgan fingerprint density at radius 1 is 1.07 bits per heavy atom. The van der Waals surface area contributed by atoms with Crippen LogP contribution in [-0.4, -0.2) is 56.4 Å². The summed E-state index contributed by atoms with van der Waals surface area (Å²) in [5, 5.41) is 0. The number of sulfonamides is 1. The zero-order chi connectivity index (χ0) is 20.7. The van der Waals surface area contributed by atoms with Crippen molar-refractivity contribution in [3.05, 3.63) is 71.8 Å². The maximum Gasteiger partial charge on any atom is 0.246 e. The van der Waals surface area contributed by atoms with Crippen LogP contribution in [0.15, 0.2) is 65.6 Å². The lowest BCUT2D eigenvalue weighted by Gasteiger charge is -2.26. The summed E-state index contributed by atoms with van der Waals surface area (Å²) in [5.74, 6) is -0.0821. The topological polar surface area (TPSA) is 66.9 Å². The second-order valence-corrected chi connectivity index (χ2v) is 8.69. The molecule has 2 aromatic carbocycles. The molecule has 1 amide bonds. The van der Waals surface area contributed by atoms with E-state index in [9.17, 15) is 13.2 Å². The zero-order valence-corrected chi connectivity index (χ0v) is 17.3. The van der Waals surface area contributed by atoms with Crippen LogP contribution < -0.4 is 0 Å². The number of hydrogen-bond donors (Lipinski definition) is 0. The fourth-order valence-corrected chi connectivity index (χ4v) is 4.52. The van der Waals surface area contributed by atoms with Crippen LogP contribution in [0.1, 0.15) is 18.1 Å². The molecule has 0 radical (unpaired) electrons. The third kappa shape index (κ3) is 5.53. The van der Waals surface area contributed by atoms with Crippen LogP contribution in [0.4, 0.5) is 0 Å². The second kappa shape index (κ2) is 9.82. The number of ether oxygens (including phenoxy) is 1. The number of rotatable bonds is 7. The summed E-state index contributed by atoms with van der Waals surface area (Å²) in [6.45, 7) is 4.67. The van der Waals surface area contributed by atoms with Gasteiger partial charge < -0.3 is 9.64 Å². The van der Waals surface area contributed by atoms with Crippen molar-refractivity contribution in [3.63, 3.8) is 0 Å². The van der Waals surface area contributed by atoms with Gasteiger partial charge in [0.05, 0.1) is 18.1 Å². The molecule has 1 aliphatic heterocycles. The number of likely N-dealkylation sites (N-methyl/N-ethyl adjacent to an activating group) is 1. The number of morpholine rings is 1. The van der Waals surface area contributed by atoms with Crippen molar-refractivity contribution >= 4 is 22.0 Å². The Labute approximate surface area is 172 Å². The van der Waals surface area contributed by atoms with Gasteiger partial charge in [0.25, 0.3) is 0 Å². The lowest BCUT2D eigenvalue weighted by Crippen LogP contribution is -2.40. The number of carbonyl (C=O) groups excluding carboxylic acids is 1. The molecule has 0 saturated carbocycles. The average molecular weight is 415 g/mol. The van der Waals surface area contributed by atoms with Gasteiger partial charge in [-0.25, -0.2) is 8.42 Å². The minimum atomic E-state index is -3.51. The standard InChI is InChI=1S/C22H26N2O4S/c1-2-23(18-20-6-4-3-5-7-20)22(25)13-10-19-8-11-21(12-9-19)29(26,27)24-14-16-28-17-15-24/h3-13H,2,14-18H2,1H3/b13-10+. The molecule has 0 aromatic heterocycles. The fraction of sp³-hybridized carbons (Fsp3) is 0.318. The van der Waals surface area contributed by atoms with E-state index in [2.05, 4.69) is 0 Å². The van der Waals surface area contributed by atoms with E-state index in [0.29, 0.717) is 39.4 Å². The lowest BCUT2D eigenvalue weighted by molar-refractivity contribution is -0.126. The molecule has 1 fully saturated rings. The smallest absolute Gasteiger partial charge is 0.246 e. The molecule has 1 saturated heterocycles. The molecule has 29 heavy (non-hydrogen) atoms. The molecule has 0 spiro atoms. The van der Waals surface area contributed by atoms with Gasteiger partial charge in [0.15, 0.2) is 0 Å². The minimum Gasteiger partial charge on any atom is -0.379 e. The van der Waals surface area contributed by atoms with Crippen LogP contribution >= 0.6 is 0 Å². The summed E-state index contributed by atoms with van der Waals surface area (Å²) >= 11 is 0. The monoisotopic (exact) mass is 414 g/mol. The largest absolute Gasteiger partial charge is 0.379 e. The highest BCUT2D eigenvalue weighted by atomic mass is 32.2. The summed E-state index contributed by atoms with van der Waals surface area (Å²) in [5.41, 5.74) is 1.85. The van der Waals surface area contributed by atoms with Gasteiger partial charge in [0.1, 0.15) is 0 Å². The first-order valence-electron chi connectivity index (χ1n) is 9.69. The Hall–Kier alpha value is -2.48. The van der Waals surface area contributed by atoms with Gasteiger partial charge in [-0.3, -0.25) is 4.79 Å². The van der Waals surface area contributed by atoms with E-state index in [1.807, 2.05) is 37.3 Å². The molecule has 0 atom stereocenters. The molecule has 0 bridgehead atoms. The molecule has 7 heteroatoms. The van der Waals surface area contributed by atoms with Gasteiger partial charge >= 0.3 is 0 Å². The van der Waals surface area contributed by atoms with Crippen LogP contribution in [-0.2, 0) is 26.1 Å². The molecular formula is C22H26N2O4S. The lowest BCUT2D eigenvalue weighted by atomic mass is 10.2. The van der Waals surface area contributed by atoms with Crippen molar-refractivity contribution in [3.8, 4) is 0 Å². The molecule has 2 aromatic rings. The molecule has 0 unspecified atom stereocenters. The highest BCUT2D eigenvalue weighted by molar-refractivity contribution is 7.89. The summed E-state index contributed by atoms with van der Waals surface area (Å²) in [6.07, 6.45) is 3.24. The summed E-state index contributed by atoms with van der Waals surface area (Å²) < 4.78 is 32.0. The number of benzene rings is 2. The van der Waals surface area contributed by atoms with Crippen LogP contribution in [0.3, 0.4) is 0 Å². The summed E-state index contributed by atoms with van der Waals surface area (Å²) in [4.78, 5) is 14.5. The van der Waals surface area contributed by atoms with Gasteiger partial charge in [-0.15, -0.1) is 0 Å². The summed E-state index contributed by atoms with van der Waals surface area (Å²) in [7, 11) is -3.51. The minimum absolute atomic E-state index is 0.0821. The van der Waals surface area contributed by atoms with E-state index < -0.39 is 10.0 Å². The van der Waals surface area contributed by atoms with Gasteiger partial charge in [-0.2, -0.15) is 4.31 Å². The first-order chi connectivity index (χ1) is 14.0. The van der Waals surface area contributed by atoms with E-state index in [1.54, 1.807) is 35.2 Å². The Morgan fingerprint density at radius 3 is 2.34 bits per heavy atom. The maximum atomic E-state index is 12.7. The first-order valence-corrected chi connectivity index (χ1v) is 11.1. The van der Waals surface area contributed by atoms with Crippen LogP contribution in [0, 0.1) is 0 Å². The molecule has 0 N–H and O–H groups in total. The zero-order valence-electron chi connectivity index (χ0n) is 16.5. The molecule has 1 heterocycles. The SMILES string of the molecule is CCN(Cc1ccccc1)C(=O)/C=C/c1ccc(S(=O)(=O)N2CCOCC2)cc1. The predicted molar refractivity (Wildman–Crippen MR) is 113 cm³/mol. The maximum absolute atomic E-state index is 12.7. The highest BCUT2D eigenvalue weighted by Gasteiger charge is 2.25. The molecule has 6 nitrogen and oxygen atoms in total. The normalized spacial score (nSPS) is 15.5. The average Bonchev–Trinajstić information content (AvgIpc) is 2.77. The van der Waals surface area contributed by atoms with E-state index in [4.69, 9.17) is 4.74 Å². The summed E-state index contributed by atoms with van der Waals surface area (Å²) in [6, 6.07) is 16.4. The molecule has 0 aliphatic carbocycles. The molecule has 154 valence electrons. The van der Waals surface area contributed by atoms with Gasteiger partial charge in [-0.05, 0) is 36.3 Å². The number of hydrogen-bond acceptors (Lipinski definition) is 4. The second-order valence-electron chi connectivity index (χ2n) is 6.76. The third-order valence-corrected chi connectivity index (χ3v) is 6.73. The predicted octanol–water partition coefficient (Wildman–Crippen LogP) is 2.77. The Morgan fingerprint density at radius 2 is 1.72 bits per heavy atom.